The number of rotatable bonds is 4. The largest absolute Gasteiger partial charge is 0.443 e. The summed E-state index contributed by atoms with van der Waals surface area (Å²) in [5, 5.41) is 2.55. The molecule has 0 unspecified atom stereocenters. The van der Waals surface area contributed by atoms with Crippen LogP contribution in [0.4, 0.5) is 18.9 Å². The van der Waals surface area contributed by atoms with E-state index in [1.54, 1.807) is 6.07 Å². The summed E-state index contributed by atoms with van der Waals surface area (Å²) in [5.41, 5.74) is 2.46. The summed E-state index contributed by atoms with van der Waals surface area (Å²) in [7, 11) is 0. The van der Waals surface area contributed by atoms with Gasteiger partial charge >= 0.3 is 6.18 Å². The van der Waals surface area contributed by atoms with Crippen molar-refractivity contribution in [3.63, 3.8) is 0 Å². The molecule has 0 spiro atoms. The normalized spacial score (nSPS) is 14.2. The number of amides is 1. The van der Waals surface area contributed by atoms with E-state index in [0.717, 1.165) is 47.8 Å². The zero-order valence-electron chi connectivity index (χ0n) is 15.2. The Labute approximate surface area is 171 Å². The number of carbonyl (C=O) groups is 1. The molecule has 0 radical (unpaired) electrons. The van der Waals surface area contributed by atoms with Gasteiger partial charge in [0.1, 0.15) is 16.1 Å². The fourth-order valence-electron chi connectivity index (χ4n) is 3.33. The highest BCUT2D eigenvalue weighted by molar-refractivity contribution is 7.08. The van der Waals surface area contributed by atoms with Crippen molar-refractivity contribution in [2.45, 2.75) is 24.9 Å². The minimum absolute atomic E-state index is 0.0256. The Hall–Kier alpha value is -3.27. The molecule has 6 nitrogen and oxygen atoms in total. The van der Waals surface area contributed by atoms with Crippen LogP contribution < -0.4 is 5.32 Å². The number of hydrogen-bond donors (Lipinski definition) is 1. The van der Waals surface area contributed by atoms with Crippen molar-refractivity contribution >= 4 is 34.2 Å². The monoisotopic (exact) mass is 430 g/mol. The minimum atomic E-state index is -4.59. The third kappa shape index (κ3) is 3.32. The van der Waals surface area contributed by atoms with Crippen LogP contribution in [0.15, 0.2) is 47.3 Å². The molecule has 0 saturated heterocycles. The maximum atomic E-state index is 12.9. The number of hydrogen-bond acceptors (Lipinski definition) is 6. The van der Waals surface area contributed by atoms with Crippen molar-refractivity contribution in [3.05, 3.63) is 59.1 Å². The summed E-state index contributed by atoms with van der Waals surface area (Å²) >= 11 is 1.03. The lowest BCUT2D eigenvalue weighted by molar-refractivity contribution is -0.141. The molecule has 1 saturated carbocycles. The molecule has 1 aliphatic carbocycles. The minimum Gasteiger partial charge on any atom is -0.443 e. The van der Waals surface area contributed by atoms with Crippen LogP contribution in [0.5, 0.6) is 0 Å². The molecular formula is C20H13F3N4O2S. The van der Waals surface area contributed by atoms with Gasteiger partial charge < -0.3 is 9.73 Å². The van der Waals surface area contributed by atoms with Crippen LogP contribution in [-0.4, -0.2) is 20.2 Å². The highest BCUT2D eigenvalue weighted by Gasteiger charge is 2.35. The number of nitrogens with zero attached hydrogens (tertiary/aromatic N) is 3. The number of carbonyl (C=O) groups excluding carboxylic acids is 1. The molecule has 30 heavy (non-hydrogen) atoms. The van der Waals surface area contributed by atoms with Gasteiger partial charge in [-0.3, -0.25) is 9.78 Å². The number of nitrogens with one attached hydrogen (secondary N) is 1. The van der Waals surface area contributed by atoms with Crippen molar-refractivity contribution in [2.24, 2.45) is 0 Å². The molecule has 0 aliphatic heterocycles. The maximum absolute atomic E-state index is 12.9. The molecule has 1 amide bonds. The van der Waals surface area contributed by atoms with Gasteiger partial charge in [-0.15, -0.1) is 0 Å². The molecular weight excluding hydrogens is 417 g/mol. The Kier molecular flexibility index (Phi) is 4.31. The molecule has 4 aromatic rings. The molecule has 1 fully saturated rings. The number of oxazole rings is 1. The Morgan fingerprint density at radius 2 is 2.03 bits per heavy atom. The highest BCUT2D eigenvalue weighted by Crippen LogP contribution is 2.48. The number of pyridine rings is 1. The van der Waals surface area contributed by atoms with Crippen molar-refractivity contribution < 1.29 is 22.4 Å². The molecule has 0 bridgehead atoms. The van der Waals surface area contributed by atoms with Gasteiger partial charge in [0.2, 0.25) is 0 Å². The van der Waals surface area contributed by atoms with Crippen LogP contribution in [0, 0.1) is 0 Å². The molecule has 3 heterocycles. The molecule has 152 valence electrons. The summed E-state index contributed by atoms with van der Waals surface area (Å²) in [6.45, 7) is 0. The standard InChI is InChI=1S/C20H13F3N4O2S/c21-20(22,23)14-8-11(6-7-24-14)26-19(28)18-15(10-4-5-10)17(27-30-18)12-2-1-3-13-16(12)25-9-29-13/h1-3,6-10H,4-5H2,(H,24,26,28). The molecule has 10 heteroatoms. The van der Waals surface area contributed by atoms with Crippen LogP contribution in [0.1, 0.15) is 39.7 Å². The first-order valence-corrected chi connectivity index (χ1v) is 9.86. The van der Waals surface area contributed by atoms with E-state index in [2.05, 4.69) is 19.7 Å². The Morgan fingerprint density at radius 1 is 1.20 bits per heavy atom. The average molecular weight is 430 g/mol. The van der Waals surface area contributed by atoms with Crippen molar-refractivity contribution in [1.29, 1.82) is 0 Å². The second kappa shape index (κ2) is 6.91. The fraction of sp³-hybridized carbons (Fsp3) is 0.200. The van der Waals surface area contributed by atoms with Crippen LogP contribution in [0.2, 0.25) is 0 Å². The first-order chi connectivity index (χ1) is 14.4. The van der Waals surface area contributed by atoms with E-state index < -0.39 is 17.8 Å². The van der Waals surface area contributed by atoms with Crippen molar-refractivity contribution in [2.75, 3.05) is 5.32 Å². The van der Waals surface area contributed by atoms with Crippen molar-refractivity contribution in [1.82, 2.24) is 14.3 Å². The molecule has 1 aromatic carbocycles. The first-order valence-electron chi connectivity index (χ1n) is 9.08. The third-order valence-corrected chi connectivity index (χ3v) is 5.71. The SMILES string of the molecule is O=C(Nc1ccnc(C(F)(F)F)c1)c1snc(-c2cccc3ocnc23)c1C1CC1. The van der Waals surface area contributed by atoms with Gasteiger partial charge in [0.05, 0.1) is 5.69 Å². The van der Waals surface area contributed by atoms with E-state index >= 15 is 0 Å². The summed E-state index contributed by atoms with van der Waals surface area (Å²) < 4.78 is 48.6. The Bertz CT molecular complexity index is 1260. The topological polar surface area (TPSA) is 80.9 Å². The Morgan fingerprint density at radius 3 is 2.80 bits per heavy atom. The average Bonchev–Trinajstić information content (AvgIpc) is 3.26. The summed E-state index contributed by atoms with van der Waals surface area (Å²) in [6.07, 6.45) is -0.369. The zero-order chi connectivity index (χ0) is 20.9. The van der Waals surface area contributed by atoms with Gasteiger partial charge in [-0.25, -0.2) is 4.98 Å². The van der Waals surface area contributed by atoms with Gasteiger partial charge in [0.25, 0.3) is 5.91 Å². The second-order valence-corrected chi connectivity index (χ2v) is 7.71. The number of halogens is 3. The van der Waals surface area contributed by atoms with E-state index in [0.29, 0.717) is 21.7 Å². The number of benzene rings is 1. The Balaban J connectivity index is 1.52. The molecule has 3 aromatic heterocycles. The van der Waals surface area contributed by atoms with Gasteiger partial charge in [-0.05, 0) is 48.5 Å². The lowest BCUT2D eigenvalue weighted by Crippen LogP contribution is -2.14. The predicted molar refractivity (Wildman–Crippen MR) is 104 cm³/mol. The number of alkyl halides is 3. The quantitative estimate of drug-likeness (QED) is 0.463. The molecule has 0 atom stereocenters. The summed E-state index contributed by atoms with van der Waals surface area (Å²) in [6, 6.07) is 7.62. The smallest absolute Gasteiger partial charge is 0.433 e. The maximum Gasteiger partial charge on any atom is 0.433 e. The van der Waals surface area contributed by atoms with E-state index in [1.807, 2.05) is 12.1 Å². The highest BCUT2D eigenvalue weighted by atomic mass is 32.1. The van der Waals surface area contributed by atoms with E-state index in [-0.39, 0.29) is 11.6 Å². The lowest BCUT2D eigenvalue weighted by Gasteiger charge is -2.09. The van der Waals surface area contributed by atoms with Gasteiger partial charge in [0.15, 0.2) is 12.0 Å². The first kappa shape index (κ1) is 18.7. The van der Waals surface area contributed by atoms with Gasteiger partial charge in [-0.2, -0.15) is 17.5 Å². The number of para-hydroxylation sites is 1. The van der Waals surface area contributed by atoms with Crippen LogP contribution >= 0.6 is 11.5 Å². The van der Waals surface area contributed by atoms with E-state index in [1.165, 1.54) is 12.5 Å². The number of aromatic nitrogens is 3. The van der Waals surface area contributed by atoms with Gasteiger partial charge in [-0.1, -0.05) is 12.1 Å². The lowest BCUT2D eigenvalue weighted by atomic mass is 10.0. The van der Waals surface area contributed by atoms with Crippen LogP contribution in [0.3, 0.4) is 0 Å². The third-order valence-electron chi connectivity index (χ3n) is 4.84. The van der Waals surface area contributed by atoms with E-state index in [9.17, 15) is 18.0 Å². The summed E-state index contributed by atoms with van der Waals surface area (Å²) in [5.74, 6) is -0.308. The number of fused-ring (bicyclic) bond motifs is 1. The van der Waals surface area contributed by atoms with Crippen molar-refractivity contribution in [3.8, 4) is 11.3 Å². The number of anilines is 1. The van der Waals surface area contributed by atoms with Crippen LogP contribution in [0.25, 0.3) is 22.4 Å². The summed E-state index contributed by atoms with van der Waals surface area (Å²) in [4.78, 5) is 20.9. The van der Waals surface area contributed by atoms with Crippen LogP contribution in [-0.2, 0) is 6.18 Å². The zero-order valence-corrected chi connectivity index (χ0v) is 16.0. The van der Waals surface area contributed by atoms with E-state index in [4.69, 9.17) is 4.42 Å². The molecule has 1 aliphatic rings. The predicted octanol–water partition coefficient (Wildman–Crippen LogP) is 5.49. The van der Waals surface area contributed by atoms with Gasteiger partial charge in [0, 0.05) is 23.0 Å². The fourth-order valence-corrected chi connectivity index (χ4v) is 4.21. The molecule has 5 rings (SSSR count). The molecule has 1 N–H and O–H groups in total. The second-order valence-electron chi connectivity index (χ2n) is 6.93.